The minimum absolute atomic E-state index is 0.992. The summed E-state index contributed by atoms with van der Waals surface area (Å²) in [7, 11) is 6.34. The molecule has 0 aromatic carbocycles. The minimum Gasteiger partial charge on any atom is -0.308 e. The van der Waals surface area contributed by atoms with E-state index in [-0.39, 0.29) is 0 Å². The molecule has 0 saturated heterocycles. The predicted molar refractivity (Wildman–Crippen MR) is 106 cm³/mol. The summed E-state index contributed by atoms with van der Waals surface area (Å²) in [6, 6.07) is 10.8. The highest BCUT2D eigenvalue weighted by Gasteiger charge is 2.28. The normalized spacial score (nSPS) is 11.5. The molecular weight excluding hydrogens is 334 g/mol. The fourth-order valence-corrected chi connectivity index (χ4v) is 4.08. The van der Waals surface area contributed by atoms with Crippen molar-refractivity contribution in [2.24, 2.45) is 21.1 Å². The van der Waals surface area contributed by atoms with Gasteiger partial charge in [0.25, 0.3) is 11.4 Å². The molecule has 5 nitrogen and oxygen atoms in total. The highest BCUT2D eigenvalue weighted by atomic mass is 15.2. The molecule has 4 aromatic rings. The van der Waals surface area contributed by atoms with Crippen LogP contribution in [0.5, 0.6) is 0 Å². The Morgan fingerprint density at radius 2 is 1.59 bits per heavy atom. The van der Waals surface area contributed by atoms with Crippen molar-refractivity contribution in [1.29, 1.82) is 0 Å². The molecule has 0 bridgehead atoms. The van der Waals surface area contributed by atoms with E-state index >= 15 is 0 Å². The number of hydrogen-bond donors (Lipinski definition) is 0. The van der Waals surface area contributed by atoms with E-state index in [1.807, 2.05) is 0 Å². The van der Waals surface area contributed by atoms with E-state index < -0.39 is 0 Å². The van der Waals surface area contributed by atoms with Gasteiger partial charge in [-0.25, -0.2) is 4.98 Å². The van der Waals surface area contributed by atoms with Crippen molar-refractivity contribution in [3.63, 3.8) is 0 Å². The molecule has 5 heteroatoms. The summed E-state index contributed by atoms with van der Waals surface area (Å²) in [6.07, 6.45) is 2.09. The van der Waals surface area contributed by atoms with E-state index in [9.17, 15) is 0 Å². The van der Waals surface area contributed by atoms with Crippen LogP contribution in [0.25, 0.3) is 28.6 Å². The molecule has 0 saturated carbocycles. The van der Waals surface area contributed by atoms with Crippen LogP contribution < -0.4 is 9.13 Å². The number of nitrogens with zero attached hydrogens (tertiary/aromatic N) is 5. The topological polar surface area (TPSA) is 30.0 Å². The number of aromatic nitrogens is 5. The van der Waals surface area contributed by atoms with Gasteiger partial charge in [-0.1, -0.05) is 0 Å². The highest BCUT2D eigenvalue weighted by molar-refractivity contribution is 5.64. The Kier molecular flexibility index (Phi) is 3.91. The Hall–Kier alpha value is -2.95. The van der Waals surface area contributed by atoms with E-state index in [2.05, 4.69) is 103 Å². The van der Waals surface area contributed by atoms with Gasteiger partial charge in [-0.3, -0.25) is 4.40 Å². The number of fused-ring (bicyclic) bond motifs is 1. The molecule has 0 radical (unpaired) electrons. The number of imidazole rings is 2. The molecule has 27 heavy (non-hydrogen) atoms. The fraction of sp³-hybridized carbons (Fsp3) is 0.318. The van der Waals surface area contributed by atoms with E-state index in [4.69, 9.17) is 4.98 Å². The first kappa shape index (κ1) is 17.5. The number of hydrogen-bond acceptors (Lipinski definition) is 1. The molecule has 4 rings (SSSR count). The predicted octanol–water partition coefficient (Wildman–Crippen LogP) is 2.89. The van der Waals surface area contributed by atoms with Gasteiger partial charge in [-0.2, -0.15) is 9.13 Å². The van der Waals surface area contributed by atoms with Gasteiger partial charge in [0.15, 0.2) is 6.20 Å². The van der Waals surface area contributed by atoms with Crippen LogP contribution >= 0.6 is 0 Å². The number of pyridine rings is 2. The third kappa shape index (κ3) is 2.49. The number of rotatable bonds is 2. The summed E-state index contributed by atoms with van der Waals surface area (Å²) in [5.41, 5.74) is 9.52. The molecule has 0 aliphatic carbocycles. The van der Waals surface area contributed by atoms with Crippen LogP contribution in [0.2, 0.25) is 0 Å². The smallest absolute Gasteiger partial charge is 0.277 e. The average Bonchev–Trinajstić information content (AvgIpc) is 3.05. The molecule has 0 amide bonds. The third-order valence-electron chi connectivity index (χ3n) is 5.65. The van der Waals surface area contributed by atoms with Crippen molar-refractivity contribution in [2.45, 2.75) is 27.7 Å². The molecule has 0 aliphatic heterocycles. The summed E-state index contributed by atoms with van der Waals surface area (Å²) >= 11 is 0. The first-order valence-corrected chi connectivity index (χ1v) is 9.28. The zero-order valence-corrected chi connectivity index (χ0v) is 17.2. The Balaban J connectivity index is 2.04. The monoisotopic (exact) mass is 361 g/mol. The minimum atomic E-state index is 0.992. The Morgan fingerprint density at radius 3 is 2.26 bits per heavy atom. The maximum Gasteiger partial charge on any atom is 0.277 e. The molecular formula is C22H27N5+2. The van der Waals surface area contributed by atoms with Crippen LogP contribution in [0, 0.1) is 27.7 Å². The van der Waals surface area contributed by atoms with Crippen LogP contribution in [0.4, 0.5) is 0 Å². The zero-order chi connectivity index (χ0) is 19.5. The summed E-state index contributed by atoms with van der Waals surface area (Å²) < 4.78 is 8.91. The Bertz CT molecular complexity index is 1190. The van der Waals surface area contributed by atoms with Gasteiger partial charge in [-0.15, -0.1) is 0 Å². The average molecular weight is 361 g/mol. The van der Waals surface area contributed by atoms with Crippen molar-refractivity contribution in [1.82, 2.24) is 14.0 Å². The van der Waals surface area contributed by atoms with E-state index in [1.165, 1.54) is 39.7 Å². The van der Waals surface area contributed by atoms with Crippen LogP contribution in [0.3, 0.4) is 0 Å². The van der Waals surface area contributed by atoms with Gasteiger partial charge in [0.1, 0.15) is 19.8 Å². The summed E-state index contributed by atoms with van der Waals surface area (Å²) in [6.45, 7) is 8.55. The van der Waals surface area contributed by atoms with Crippen molar-refractivity contribution in [2.75, 3.05) is 0 Å². The van der Waals surface area contributed by atoms with Gasteiger partial charge in [0.2, 0.25) is 11.5 Å². The zero-order valence-electron chi connectivity index (χ0n) is 17.2. The molecule has 0 atom stereocenters. The van der Waals surface area contributed by atoms with Gasteiger partial charge in [0, 0.05) is 37.0 Å². The second-order valence-electron chi connectivity index (χ2n) is 7.47. The Morgan fingerprint density at radius 1 is 0.889 bits per heavy atom. The second kappa shape index (κ2) is 6.05. The SMILES string of the molecule is Cc1cc(-c2c(C)n3c(C)c(C)nc3n2C)[n+](C)c(-c2cccc[n+]2C)c1. The van der Waals surface area contributed by atoms with Crippen LogP contribution in [-0.4, -0.2) is 14.0 Å². The third-order valence-corrected chi connectivity index (χ3v) is 5.65. The first-order valence-electron chi connectivity index (χ1n) is 9.28. The largest absolute Gasteiger partial charge is 0.308 e. The molecule has 4 aromatic heterocycles. The summed E-state index contributed by atoms with van der Waals surface area (Å²) in [5.74, 6) is 0.992. The summed E-state index contributed by atoms with van der Waals surface area (Å²) in [4.78, 5) is 4.78. The molecule has 0 unspecified atom stereocenters. The molecule has 0 spiro atoms. The van der Waals surface area contributed by atoms with Crippen LogP contribution in [0.1, 0.15) is 22.6 Å². The summed E-state index contributed by atoms with van der Waals surface area (Å²) in [5, 5.41) is 0. The lowest BCUT2D eigenvalue weighted by molar-refractivity contribution is -0.685. The van der Waals surface area contributed by atoms with Crippen molar-refractivity contribution in [3.8, 4) is 22.8 Å². The number of aryl methyl sites for hydroxylation is 6. The van der Waals surface area contributed by atoms with Crippen molar-refractivity contribution >= 4 is 5.78 Å². The quantitative estimate of drug-likeness (QED) is 0.505. The van der Waals surface area contributed by atoms with Gasteiger partial charge >= 0.3 is 0 Å². The standard InChI is InChI=1S/C22H27N5/c1-14-12-19(18-10-8-9-11-24(18)5)25(6)20(13-14)21-17(4)27-16(3)15(2)23-22(27)26(21)7/h8-13H,1-7H3/q+2. The molecule has 138 valence electrons. The maximum atomic E-state index is 4.78. The van der Waals surface area contributed by atoms with Crippen molar-refractivity contribution < 1.29 is 9.13 Å². The first-order chi connectivity index (χ1) is 12.8. The van der Waals surface area contributed by atoms with Crippen LogP contribution in [-0.2, 0) is 21.1 Å². The van der Waals surface area contributed by atoms with Gasteiger partial charge in [-0.05, 0) is 39.3 Å². The van der Waals surface area contributed by atoms with E-state index in [0.717, 1.165) is 11.5 Å². The lowest BCUT2D eigenvalue weighted by atomic mass is 10.1. The highest BCUT2D eigenvalue weighted by Crippen LogP contribution is 2.28. The molecule has 0 fully saturated rings. The second-order valence-corrected chi connectivity index (χ2v) is 7.47. The van der Waals surface area contributed by atoms with Gasteiger partial charge < -0.3 is 4.57 Å². The van der Waals surface area contributed by atoms with Crippen LogP contribution in [0.15, 0.2) is 36.5 Å². The fourth-order valence-electron chi connectivity index (χ4n) is 4.08. The molecule has 0 N–H and O–H groups in total. The Labute approximate surface area is 160 Å². The lowest BCUT2D eigenvalue weighted by Crippen LogP contribution is -2.40. The van der Waals surface area contributed by atoms with E-state index in [0.29, 0.717) is 0 Å². The maximum absolute atomic E-state index is 4.78. The molecule has 0 aliphatic rings. The van der Waals surface area contributed by atoms with Crippen molar-refractivity contribution in [3.05, 3.63) is 59.2 Å². The lowest BCUT2D eigenvalue weighted by Gasteiger charge is -2.08. The van der Waals surface area contributed by atoms with E-state index in [1.54, 1.807) is 0 Å². The molecule has 4 heterocycles. The van der Waals surface area contributed by atoms with Gasteiger partial charge in [0.05, 0.1) is 11.4 Å².